The number of hydrogen-bond donors (Lipinski definition) is 1. The molecule has 0 aliphatic heterocycles. The SMILES string of the molecule is Cc1ccc(-c2csc3ncc(C(=O)NC4CCCCCC4)c(=O)n23)cc1. The zero-order valence-corrected chi connectivity index (χ0v) is 16.2. The van der Waals surface area contributed by atoms with Crippen molar-refractivity contribution in [1.82, 2.24) is 14.7 Å². The maximum Gasteiger partial charge on any atom is 0.271 e. The van der Waals surface area contributed by atoms with Crippen LogP contribution in [-0.2, 0) is 0 Å². The lowest BCUT2D eigenvalue weighted by atomic mass is 10.1. The van der Waals surface area contributed by atoms with Crippen molar-refractivity contribution in [1.29, 1.82) is 0 Å². The van der Waals surface area contributed by atoms with E-state index in [2.05, 4.69) is 10.3 Å². The van der Waals surface area contributed by atoms with Gasteiger partial charge in [0.2, 0.25) is 0 Å². The number of amides is 1. The summed E-state index contributed by atoms with van der Waals surface area (Å²) in [5.74, 6) is -0.310. The Hall–Kier alpha value is -2.47. The fraction of sp³-hybridized carbons (Fsp3) is 0.381. The first-order valence-corrected chi connectivity index (χ1v) is 10.4. The average Bonchev–Trinajstić information content (AvgIpc) is 2.93. The highest BCUT2D eigenvalue weighted by Crippen LogP contribution is 2.24. The molecule has 1 saturated carbocycles. The highest BCUT2D eigenvalue weighted by atomic mass is 32.1. The maximum atomic E-state index is 13.1. The lowest BCUT2D eigenvalue weighted by Crippen LogP contribution is -2.38. The topological polar surface area (TPSA) is 63.5 Å². The van der Waals surface area contributed by atoms with Gasteiger partial charge < -0.3 is 5.32 Å². The summed E-state index contributed by atoms with van der Waals surface area (Å²) < 4.78 is 1.55. The minimum absolute atomic E-state index is 0.114. The van der Waals surface area contributed by atoms with Crippen LogP contribution >= 0.6 is 11.3 Å². The number of carbonyl (C=O) groups excluding carboxylic acids is 1. The number of rotatable bonds is 3. The number of nitrogens with zero attached hydrogens (tertiary/aromatic N) is 2. The summed E-state index contributed by atoms with van der Waals surface area (Å²) >= 11 is 1.41. The molecule has 0 atom stereocenters. The summed E-state index contributed by atoms with van der Waals surface area (Å²) in [6, 6.07) is 8.15. The first kappa shape index (κ1) is 17.9. The number of aromatic nitrogens is 2. The van der Waals surface area contributed by atoms with Crippen molar-refractivity contribution < 1.29 is 4.79 Å². The quantitative estimate of drug-likeness (QED) is 0.692. The number of hydrogen-bond acceptors (Lipinski definition) is 4. The average molecular weight is 382 g/mol. The van der Waals surface area contributed by atoms with Crippen LogP contribution in [0.4, 0.5) is 0 Å². The van der Waals surface area contributed by atoms with E-state index >= 15 is 0 Å². The fourth-order valence-electron chi connectivity index (χ4n) is 3.66. The van der Waals surface area contributed by atoms with Crippen LogP contribution in [0.5, 0.6) is 0 Å². The number of thiazole rings is 1. The molecule has 1 aromatic carbocycles. The molecule has 0 bridgehead atoms. The lowest BCUT2D eigenvalue weighted by molar-refractivity contribution is 0.0931. The Morgan fingerprint density at radius 3 is 2.56 bits per heavy atom. The summed E-state index contributed by atoms with van der Waals surface area (Å²) in [7, 11) is 0. The van der Waals surface area contributed by atoms with Gasteiger partial charge in [0.25, 0.3) is 11.5 Å². The monoisotopic (exact) mass is 381 g/mol. The summed E-state index contributed by atoms with van der Waals surface area (Å²) in [4.78, 5) is 30.8. The molecule has 3 aromatic rings. The molecule has 1 N–H and O–H groups in total. The molecule has 0 spiro atoms. The van der Waals surface area contributed by atoms with Gasteiger partial charge in [-0.05, 0) is 25.3 Å². The number of carbonyl (C=O) groups is 1. The van der Waals surface area contributed by atoms with Crippen LogP contribution in [0.2, 0.25) is 0 Å². The summed E-state index contributed by atoms with van der Waals surface area (Å²) in [6.07, 6.45) is 8.08. The van der Waals surface area contributed by atoms with E-state index in [-0.39, 0.29) is 23.1 Å². The van der Waals surface area contributed by atoms with E-state index in [0.717, 1.165) is 42.5 Å². The summed E-state index contributed by atoms with van der Waals surface area (Å²) in [5, 5.41) is 4.97. The lowest BCUT2D eigenvalue weighted by Gasteiger charge is -2.15. The number of nitrogens with one attached hydrogen (secondary N) is 1. The van der Waals surface area contributed by atoms with Gasteiger partial charge in [0, 0.05) is 17.6 Å². The van der Waals surface area contributed by atoms with Gasteiger partial charge in [-0.1, -0.05) is 55.5 Å². The van der Waals surface area contributed by atoms with E-state index in [1.54, 1.807) is 4.40 Å². The molecule has 0 unspecified atom stereocenters. The molecule has 6 heteroatoms. The van der Waals surface area contributed by atoms with E-state index in [4.69, 9.17) is 0 Å². The van der Waals surface area contributed by atoms with E-state index in [1.807, 2.05) is 36.6 Å². The minimum atomic E-state index is -0.310. The van der Waals surface area contributed by atoms with Crippen LogP contribution in [-0.4, -0.2) is 21.3 Å². The van der Waals surface area contributed by atoms with Gasteiger partial charge in [-0.2, -0.15) is 0 Å². The molecule has 2 heterocycles. The third-order valence-electron chi connectivity index (χ3n) is 5.23. The van der Waals surface area contributed by atoms with E-state index in [1.165, 1.54) is 30.4 Å². The molecule has 27 heavy (non-hydrogen) atoms. The Bertz CT molecular complexity index is 1010. The van der Waals surface area contributed by atoms with E-state index in [9.17, 15) is 9.59 Å². The zero-order chi connectivity index (χ0) is 18.8. The van der Waals surface area contributed by atoms with Gasteiger partial charge in [-0.3, -0.25) is 14.0 Å². The van der Waals surface area contributed by atoms with Crippen LogP contribution in [0, 0.1) is 6.92 Å². The first-order valence-electron chi connectivity index (χ1n) is 9.50. The van der Waals surface area contributed by atoms with Crippen LogP contribution in [0.3, 0.4) is 0 Å². The highest BCUT2D eigenvalue weighted by Gasteiger charge is 2.20. The van der Waals surface area contributed by atoms with Crippen molar-refractivity contribution >= 4 is 22.2 Å². The van der Waals surface area contributed by atoms with Crippen molar-refractivity contribution in [2.24, 2.45) is 0 Å². The largest absolute Gasteiger partial charge is 0.349 e. The van der Waals surface area contributed by atoms with Crippen LogP contribution < -0.4 is 10.9 Å². The van der Waals surface area contributed by atoms with Gasteiger partial charge in [0.1, 0.15) is 5.56 Å². The van der Waals surface area contributed by atoms with Gasteiger partial charge in [0.15, 0.2) is 4.96 Å². The molecule has 0 saturated heterocycles. The van der Waals surface area contributed by atoms with Crippen molar-refractivity contribution in [2.75, 3.05) is 0 Å². The second kappa shape index (κ2) is 7.64. The van der Waals surface area contributed by atoms with E-state index < -0.39 is 0 Å². The first-order chi connectivity index (χ1) is 13.1. The highest BCUT2D eigenvalue weighted by molar-refractivity contribution is 7.15. The molecule has 1 amide bonds. The molecule has 2 aromatic heterocycles. The second-order valence-electron chi connectivity index (χ2n) is 7.24. The van der Waals surface area contributed by atoms with Crippen molar-refractivity contribution in [3.8, 4) is 11.3 Å². The molecule has 1 fully saturated rings. The van der Waals surface area contributed by atoms with Crippen molar-refractivity contribution in [2.45, 2.75) is 51.5 Å². The Balaban J connectivity index is 1.69. The maximum absolute atomic E-state index is 13.1. The van der Waals surface area contributed by atoms with Gasteiger partial charge >= 0.3 is 0 Å². The van der Waals surface area contributed by atoms with Crippen molar-refractivity contribution in [3.05, 3.63) is 57.3 Å². The zero-order valence-electron chi connectivity index (χ0n) is 15.4. The Morgan fingerprint density at radius 2 is 1.85 bits per heavy atom. The third-order valence-corrected chi connectivity index (χ3v) is 6.07. The third kappa shape index (κ3) is 3.67. The molecular formula is C21H23N3O2S. The minimum Gasteiger partial charge on any atom is -0.349 e. The fourth-order valence-corrected chi connectivity index (χ4v) is 4.52. The van der Waals surface area contributed by atoms with Gasteiger partial charge in [-0.15, -0.1) is 11.3 Å². The molecule has 5 nitrogen and oxygen atoms in total. The standard InChI is InChI=1S/C21H23N3O2S/c1-14-8-10-15(11-9-14)18-13-27-21-22-12-17(20(26)24(18)21)19(25)23-16-6-4-2-3-5-7-16/h8-13,16H,2-7H2,1H3,(H,23,25). The summed E-state index contributed by atoms with van der Waals surface area (Å²) in [6.45, 7) is 2.03. The molecule has 1 aliphatic rings. The summed E-state index contributed by atoms with van der Waals surface area (Å²) in [5.41, 5.74) is 2.69. The predicted octanol–water partition coefficient (Wildman–Crippen LogP) is 4.18. The molecule has 4 rings (SSSR count). The molecule has 1 aliphatic carbocycles. The molecule has 140 valence electrons. The number of benzene rings is 1. The van der Waals surface area contributed by atoms with Crippen molar-refractivity contribution in [3.63, 3.8) is 0 Å². The number of fused-ring (bicyclic) bond motifs is 1. The van der Waals surface area contributed by atoms with Gasteiger partial charge in [-0.25, -0.2) is 4.98 Å². The van der Waals surface area contributed by atoms with E-state index in [0.29, 0.717) is 4.96 Å². The Kier molecular flexibility index (Phi) is 5.07. The normalized spacial score (nSPS) is 15.6. The molecule has 0 radical (unpaired) electrons. The van der Waals surface area contributed by atoms with Gasteiger partial charge in [0.05, 0.1) is 5.69 Å². The Morgan fingerprint density at radius 1 is 1.15 bits per heavy atom. The van der Waals surface area contributed by atoms with Crippen LogP contribution in [0.25, 0.3) is 16.2 Å². The van der Waals surface area contributed by atoms with Crippen LogP contribution in [0.15, 0.2) is 40.6 Å². The smallest absolute Gasteiger partial charge is 0.271 e. The number of aryl methyl sites for hydroxylation is 1. The Labute approximate surface area is 162 Å². The molecular weight excluding hydrogens is 358 g/mol. The van der Waals surface area contributed by atoms with Crippen LogP contribution in [0.1, 0.15) is 54.4 Å². The second-order valence-corrected chi connectivity index (χ2v) is 8.08. The predicted molar refractivity (Wildman–Crippen MR) is 108 cm³/mol.